The van der Waals surface area contributed by atoms with Crippen molar-refractivity contribution in [3.8, 4) is 0 Å². The van der Waals surface area contributed by atoms with Crippen molar-refractivity contribution in [3.63, 3.8) is 0 Å². The molecule has 4 rings (SSSR count). The van der Waals surface area contributed by atoms with Crippen LogP contribution >= 0.6 is 0 Å². The van der Waals surface area contributed by atoms with Gasteiger partial charge in [0.25, 0.3) is 11.8 Å². The average Bonchev–Trinajstić information content (AvgIpc) is 2.92. The van der Waals surface area contributed by atoms with Gasteiger partial charge >= 0.3 is 0 Å². The normalized spacial score (nSPS) is 13.5. The molecule has 3 aromatic carbocycles. The summed E-state index contributed by atoms with van der Waals surface area (Å²) in [6, 6.07) is 23.6. The minimum atomic E-state index is -0.241. The fourth-order valence-corrected chi connectivity index (χ4v) is 4.34. The van der Waals surface area contributed by atoms with E-state index >= 15 is 0 Å². The summed E-state index contributed by atoms with van der Waals surface area (Å²) in [4.78, 5) is 39.4. The third-order valence-electron chi connectivity index (χ3n) is 6.38. The molecular formula is C29H32N4O3. The molecule has 0 bridgehead atoms. The highest BCUT2D eigenvalue weighted by molar-refractivity contribution is 6.06. The summed E-state index contributed by atoms with van der Waals surface area (Å²) < 4.78 is 0. The van der Waals surface area contributed by atoms with E-state index in [1.807, 2.05) is 30.3 Å². The van der Waals surface area contributed by atoms with Crippen molar-refractivity contribution in [1.29, 1.82) is 0 Å². The molecule has 7 heteroatoms. The maximum Gasteiger partial charge on any atom is 0.258 e. The van der Waals surface area contributed by atoms with Gasteiger partial charge in [0.05, 0.1) is 6.54 Å². The first-order chi connectivity index (χ1) is 17.5. The van der Waals surface area contributed by atoms with Crippen molar-refractivity contribution in [2.75, 3.05) is 29.1 Å². The Kier molecular flexibility index (Phi) is 8.34. The van der Waals surface area contributed by atoms with E-state index < -0.39 is 0 Å². The van der Waals surface area contributed by atoms with Gasteiger partial charge in [0.1, 0.15) is 0 Å². The van der Waals surface area contributed by atoms with Crippen LogP contribution in [-0.4, -0.2) is 37.4 Å². The Hall–Kier alpha value is -4.13. The summed E-state index contributed by atoms with van der Waals surface area (Å²) in [5.41, 5.74) is 3.17. The minimum absolute atomic E-state index is 0.0513. The molecule has 1 saturated carbocycles. The lowest BCUT2D eigenvalue weighted by Crippen LogP contribution is -2.36. The molecule has 0 heterocycles. The summed E-state index contributed by atoms with van der Waals surface area (Å²) in [7, 11) is 1.72. The van der Waals surface area contributed by atoms with Crippen LogP contribution in [0.5, 0.6) is 0 Å². The number of hydrogen-bond acceptors (Lipinski definition) is 4. The molecule has 0 unspecified atom stereocenters. The quantitative estimate of drug-likeness (QED) is 0.416. The van der Waals surface area contributed by atoms with E-state index in [4.69, 9.17) is 0 Å². The van der Waals surface area contributed by atoms with Crippen molar-refractivity contribution in [2.24, 2.45) is 0 Å². The third-order valence-corrected chi connectivity index (χ3v) is 6.38. The maximum atomic E-state index is 12.9. The Labute approximate surface area is 211 Å². The van der Waals surface area contributed by atoms with E-state index in [-0.39, 0.29) is 30.3 Å². The molecule has 0 radical (unpaired) electrons. The van der Waals surface area contributed by atoms with Gasteiger partial charge in [0.15, 0.2) is 0 Å². The Balaban J connectivity index is 1.27. The van der Waals surface area contributed by atoms with Crippen LogP contribution < -0.4 is 20.9 Å². The van der Waals surface area contributed by atoms with Crippen LogP contribution in [0.2, 0.25) is 0 Å². The van der Waals surface area contributed by atoms with Gasteiger partial charge in [-0.3, -0.25) is 14.4 Å². The summed E-state index contributed by atoms with van der Waals surface area (Å²) in [6.07, 6.45) is 5.67. The Morgan fingerprint density at radius 1 is 0.806 bits per heavy atom. The van der Waals surface area contributed by atoms with Gasteiger partial charge in [0, 0.05) is 41.3 Å². The molecule has 1 aliphatic carbocycles. The maximum absolute atomic E-state index is 12.9. The van der Waals surface area contributed by atoms with Gasteiger partial charge in [-0.2, -0.15) is 0 Å². The fourth-order valence-electron chi connectivity index (χ4n) is 4.34. The molecule has 0 atom stereocenters. The van der Waals surface area contributed by atoms with Gasteiger partial charge in [-0.1, -0.05) is 43.5 Å². The van der Waals surface area contributed by atoms with E-state index in [1.165, 1.54) is 19.3 Å². The van der Waals surface area contributed by atoms with E-state index in [1.54, 1.807) is 60.5 Å². The van der Waals surface area contributed by atoms with E-state index in [9.17, 15) is 14.4 Å². The predicted molar refractivity (Wildman–Crippen MR) is 144 cm³/mol. The highest BCUT2D eigenvalue weighted by Gasteiger charge is 2.17. The number of anilines is 3. The van der Waals surface area contributed by atoms with Gasteiger partial charge in [-0.15, -0.1) is 0 Å². The molecule has 0 spiro atoms. The van der Waals surface area contributed by atoms with Crippen molar-refractivity contribution in [3.05, 3.63) is 90.0 Å². The molecule has 7 nitrogen and oxygen atoms in total. The van der Waals surface area contributed by atoms with Crippen molar-refractivity contribution >= 4 is 34.8 Å². The number of para-hydroxylation sites is 1. The number of hydrogen-bond donors (Lipinski definition) is 3. The SMILES string of the molecule is CN(C(=O)c1cccc(NC(=O)CNc2ccc(C(=O)NC3CCCCC3)cc2)c1)c1ccccc1. The lowest BCUT2D eigenvalue weighted by atomic mass is 9.95. The minimum Gasteiger partial charge on any atom is -0.376 e. The molecule has 0 saturated heterocycles. The topological polar surface area (TPSA) is 90.5 Å². The van der Waals surface area contributed by atoms with Gasteiger partial charge in [-0.25, -0.2) is 0 Å². The lowest BCUT2D eigenvalue weighted by molar-refractivity contribution is -0.114. The second-order valence-electron chi connectivity index (χ2n) is 9.07. The van der Waals surface area contributed by atoms with E-state index in [0.29, 0.717) is 16.8 Å². The lowest BCUT2D eigenvalue weighted by Gasteiger charge is -2.22. The van der Waals surface area contributed by atoms with Crippen LogP contribution in [0.3, 0.4) is 0 Å². The van der Waals surface area contributed by atoms with Crippen LogP contribution in [0, 0.1) is 0 Å². The van der Waals surface area contributed by atoms with Gasteiger partial charge in [-0.05, 0) is 67.4 Å². The second kappa shape index (κ2) is 12.0. The summed E-state index contributed by atoms with van der Waals surface area (Å²) in [5, 5.41) is 9.01. The molecule has 3 aromatic rings. The Bertz CT molecular complexity index is 1190. The third kappa shape index (κ3) is 6.72. The Morgan fingerprint density at radius 2 is 1.53 bits per heavy atom. The summed E-state index contributed by atoms with van der Waals surface area (Å²) in [5.74, 6) is -0.461. The number of nitrogens with one attached hydrogen (secondary N) is 3. The standard InChI is InChI=1S/C29H32N4O3/c1-33(26-13-6-3-7-14-26)29(36)22-9-8-12-25(19-22)31-27(34)20-30-23-17-15-21(16-18-23)28(35)32-24-10-4-2-5-11-24/h3,6-9,12-19,24,30H,2,4-5,10-11,20H2,1H3,(H,31,34)(H,32,35). The number of benzene rings is 3. The zero-order valence-corrected chi connectivity index (χ0v) is 20.5. The molecule has 3 amide bonds. The zero-order valence-electron chi connectivity index (χ0n) is 20.5. The monoisotopic (exact) mass is 484 g/mol. The van der Waals surface area contributed by atoms with Crippen molar-refractivity contribution < 1.29 is 14.4 Å². The largest absolute Gasteiger partial charge is 0.376 e. The fraction of sp³-hybridized carbons (Fsp3) is 0.276. The molecule has 186 valence electrons. The van der Waals surface area contributed by atoms with E-state index in [0.717, 1.165) is 24.2 Å². The van der Waals surface area contributed by atoms with Crippen LogP contribution in [-0.2, 0) is 4.79 Å². The van der Waals surface area contributed by atoms with Crippen molar-refractivity contribution in [2.45, 2.75) is 38.1 Å². The first kappa shape index (κ1) is 25.0. The average molecular weight is 485 g/mol. The first-order valence-electron chi connectivity index (χ1n) is 12.4. The number of rotatable bonds is 8. The van der Waals surface area contributed by atoms with Crippen LogP contribution in [0.15, 0.2) is 78.9 Å². The summed E-state index contributed by atoms with van der Waals surface area (Å²) >= 11 is 0. The van der Waals surface area contributed by atoms with Gasteiger partial charge in [0.2, 0.25) is 5.91 Å². The molecule has 1 fully saturated rings. The van der Waals surface area contributed by atoms with Crippen LogP contribution in [0.1, 0.15) is 52.8 Å². The number of amides is 3. The molecule has 0 aliphatic heterocycles. The summed E-state index contributed by atoms with van der Waals surface area (Å²) in [6.45, 7) is 0.0513. The number of carbonyl (C=O) groups excluding carboxylic acids is 3. The van der Waals surface area contributed by atoms with Gasteiger partial charge < -0.3 is 20.9 Å². The highest BCUT2D eigenvalue weighted by Crippen LogP contribution is 2.19. The molecule has 3 N–H and O–H groups in total. The second-order valence-corrected chi connectivity index (χ2v) is 9.07. The zero-order chi connectivity index (χ0) is 25.3. The van der Waals surface area contributed by atoms with E-state index in [2.05, 4.69) is 16.0 Å². The molecule has 1 aliphatic rings. The molecule has 0 aromatic heterocycles. The molecule has 36 heavy (non-hydrogen) atoms. The first-order valence-corrected chi connectivity index (χ1v) is 12.4. The molecular weight excluding hydrogens is 452 g/mol. The predicted octanol–water partition coefficient (Wildman–Crippen LogP) is 5.08. The van der Waals surface area contributed by atoms with Crippen LogP contribution in [0.4, 0.5) is 17.1 Å². The number of nitrogens with zero attached hydrogens (tertiary/aromatic N) is 1. The smallest absolute Gasteiger partial charge is 0.258 e. The van der Waals surface area contributed by atoms with Crippen LogP contribution in [0.25, 0.3) is 0 Å². The highest BCUT2D eigenvalue weighted by atomic mass is 16.2. The van der Waals surface area contributed by atoms with Crippen molar-refractivity contribution in [1.82, 2.24) is 5.32 Å². The number of carbonyl (C=O) groups is 3. The Morgan fingerprint density at radius 3 is 2.25 bits per heavy atom.